The van der Waals surface area contributed by atoms with E-state index in [1.54, 1.807) is 6.07 Å². The van der Waals surface area contributed by atoms with Crippen molar-refractivity contribution in [3.63, 3.8) is 0 Å². The van der Waals surface area contributed by atoms with Crippen LogP contribution in [-0.4, -0.2) is 38.9 Å². The van der Waals surface area contributed by atoms with E-state index < -0.39 is 0 Å². The van der Waals surface area contributed by atoms with Crippen LogP contribution in [0.3, 0.4) is 0 Å². The maximum atomic E-state index is 5.98. The van der Waals surface area contributed by atoms with Crippen LogP contribution in [0.15, 0.2) is 18.5 Å². The highest BCUT2D eigenvalue weighted by Crippen LogP contribution is 2.21. The van der Waals surface area contributed by atoms with Crippen molar-refractivity contribution in [2.45, 2.75) is 25.8 Å². The fourth-order valence-electron chi connectivity index (χ4n) is 2.72. The molecule has 0 aliphatic carbocycles. The Hall–Kier alpha value is -1.82. The monoisotopic (exact) mass is 306 g/mol. The van der Waals surface area contributed by atoms with Crippen molar-refractivity contribution in [2.24, 2.45) is 7.05 Å². The summed E-state index contributed by atoms with van der Waals surface area (Å²) < 4.78 is 1.83. The molecular weight excluding hydrogens is 288 g/mol. The number of aryl methyl sites for hydroxylation is 2. The van der Waals surface area contributed by atoms with Gasteiger partial charge in [-0.3, -0.25) is 4.68 Å². The summed E-state index contributed by atoms with van der Waals surface area (Å²) in [6.07, 6.45) is 6.23. The van der Waals surface area contributed by atoms with Gasteiger partial charge in [0.25, 0.3) is 0 Å². The Bertz CT molecular complexity index is 605. The first-order chi connectivity index (χ1) is 10.1. The van der Waals surface area contributed by atoms with E-state index in [0.717, 1.165) is 31.7 Å². The van der Waals surface area contributed by atoms with Gasteiger partial charge in [0.1, 0.15) is 16.8 Å². The van der Waals surface area contributed by atoms with E-state index in [-0.39, 0.29) is 0 Å². The maximum absolute atomic E-state index is 5.98. The molecule has 0 amide bonds. The molecule has 0 saturated carbocycles. The Morgan fingerprint density at radius 1 is 1.38 bits per heavy atom. The van der Waals surface area contributed by atoms with Crippen molar-refractivity contribution >= 4 is 23.1 Å². The van der Waals surface area contributed by atoms with E-state index in [4.69, 9.17) is 11.6 Å². The van der Waals surface area contributed by atoms with Crippen molar-refractivity contribution in [3.05, 3.63) is 29.4 Å². The molecule has 0 bridgehead atoms. The summed E-state index contributed by atoms with van der Waals surface area (Å²) in [4.78, 5) is 10.8. The predicted octanol–water partition coefficient (Wildman–Crippen LogP) is 2.25. The molecule has 1 unspecified atom stereocenters. The van der Waals surface area contributed by atoms with Gasteiger partial charge < -0.3 is 10.2 Å². The van der Waals surface area contributed by atoms with Crippen LogP contribution in [0.5, 0.6) is 0 Å². The van der Waals surface area contributed by atoms with Crippen molar-refractivity contribution < 1.29 is 0 Å². The van der Waals surface area contributed by atoms with Crippen molar-refractivity contribution in [2.75, 3.05) is 23.3 Å². The summed E-state index contributed by atoms with van der Waals surface area (Å²) in [6, 6.07) is 2.13. The quantitative estimate of drug-likeness (QED) is 0.881. The van der Waals surface area contributed by atoms with E-state index in [1.807, 2.05) is 31.0 Å². The zero-order valence-corrected chi connectivity index (χ0v) is 13.0. The minimum absolute atomic E-state index is 0.351. The molecule has 1 aliphatic heterocycles. The normalized spacial score (nSPS) is 18.8. The molecule has 6 nitrogen and oxygen atoms in total. The lowest BCUT2D eigenvalue weighted by Crippen LogP contribution is -2.42. The summed E-state index contributed by atoms with van der Waals surface area (Å²) in [6.45, 7) is 3.85. The molecule has 2 aromatic rings. The van der Waals surface area contributed by atoms with Crippen LogP contribution in [0.2, 0.25) is 5.15 Å². The molecule has 3 rings (SSSR count). The Morgan fingerprint density at radius 2 is 2.24 bits per heavy atom. The second-order valence-corrected chi connectivity index (χ2v) is 5.81. The van der Waals surface area contributed by atoms with E-state index >= 15 is 0 Å². The number of hydrogen-bond acceptors (Lipinski definition) is 5. The highest BCUT2D eigenvalue weighted by molar-refractivity contribution is 6.29. The third kappa shape index (κ3) is 3.44. The average Bonchev–Trinajstić information content (AvgIpc) is 2.84. The van der Waals surface area contributed by atoms with Gasteiger partial charge in [-0.15, -0.1) is 0 Å². The fourth-order valence-corrected chi connectivity index (χ4v) is 2.94. The Labute approximate surface area is 129 Å². The van der Waals surface area contributed by atoms with Crippen LogP contribution >= 0.6 is 11.6 Å². The molecule has 1 atom stereocenters. The second kappa shape index (κ2) is 5.89. The van der Waals surface area contributed by atoms with E-state index in [2.05, 4.69) is 25.3 Å². The van der Waals surface area contributed by atoms with Gasteiger partial charge in [-0.1, -0.05) is 11.6 Å². The number of rotatable bonds is 3. The second-order valence-electron chi connectivity index (χ2n) is 5.42. The minimum Gasteiger partial charge on any atom is -0.367 e. The Kier molecular flexibility index (Phi) is 3.96. The van der Waals surface area contributed by atoms with Crippen molar-refractivity contribution in [1.82, 2.24) is 19.7 Å². The highest BCUT2D eigenvalue weighted by Gasteiger charge is 2.21. The molecule has 0 aromatic carbocycles. The lowest BCUT2D eigenvalue weighted by molar-refractivity contribution is 0.528. The number of halogens is 1. The molecule has 21 heavy (non-hydrogen) atoms. The van der Waals surface area contributed by atoms with Gasteiger partial charge in [0.15, 0.2) is 0 Å². The number of anilines is 2. The summed E-state index contributed by atoms with van der Waals surface area (Å²) in [5.74, 6) is 1.48. The van der Waals surface area contributed by atoms with Crippen LogP contribution < -0.4 is 10.2 Å². The molecule has 112 valence electrons. The molecule has 1 aliphatic rings. The SMILES string of the molecule is Cc1nc(Cl)cc(NC2CCCN(c3cnn(C)c3)C2)n1. The van der Waals surface area contributed by atoms with Gasteiger partial charge in [0, 0.05) is 38.4 Å². The summed E-state index contributed by atoms with van der Waals surface area (Å²) in [5.41, 5.74) is 1.17. The van der Waals surface area contributed by atoms with Crippen molar-refractivity contribution in [1.29, 1.82) is 0 Å². The Morgan fingerprint density at radius 3 is 2.95 bits per heavy atom. The third-order valence-corrected chi connectivity index (χ3v) is 3.83. The van der Waals surface area contributed by atoms with Crippen LogP contribution in [0.25, 0.3) is 0 Å². The number of piperidine rings is 1. The van der Waals surface area contributed by atoms with Crippen LogP contribution in [0.1, 0.15) is 18.7 Å². The first-order valence-corrected chi connectivity index (χ1v) is 7.49. The highest BCUT2D eigenvalue weighted by atomic mass is 35.5. The topological polar surface area (TPSA) is 58.9 Å². The maximum Gasteiger partial charge on any atom is 0.134 e. The summed E-state index contributed by atoms with van der Waals surface area (Å²) >= 11 is 5.98. The summed E-state index contributed by atoms with van der Waals surface area (Å²) in [5, 5.41) is 8.18. The largest absolute Gasteiger partial charge is 0.367 e. The average molecular weight is 307 g/mol. The van der Waals surface area contributed by atoms with Crippen LogP contribution in [-0.2, 0) is 7.05 Å². The minimum atomic E-state index is 0.351. The number of hydrogen-bond donors (Lipinski definition) is 1. The lowest BCUT2D eigenvalue weighted by atomic mass is 10.1. The Balaban J connectivity index is 1.68. The van der Waals surface area contributed by atoms with E-state index in [1.165, 1.54) is 5.69 Å². The molecule has 7 heteroatoms. The first kappa shape index (κ1) is 14.1. The number of nitrogens with zero attached hydrogens (tertiary/aromatic N) is 5. The van der Waals surface area contributed by atoms with Gasteiger partial charge in [-0.25, -0.2) is 9.97 Å². The van der Waals surface area contributed by atoms with E-state index in [9.17, 15) is 0 Å². The molecule has 1 fully saturated rings. The fraction of sp³-hybridized carbons (Fsp3) is 0.500. The molecular formula is C14H19ClN6. The van der Waals surface area contributed by atoms with Gasteiger partial charge in [-0.2, -0.15) is 5.10 Å². The van der Waals surface area contributed by atoms with Gasteiger partial charge >= 0.3 is 0 Å². The van der Waals surface area contributed by atoms with Crippen LogP contribution in [0.4, 0.5) is 11.5 Å². The lowest BCUT2D eigenvalue weighted by Gasteiger charge is -2.34. The standard InChI is InChI=1S/C14H19ClN6/c1-10-17-13(15)6-14(18-10)19-11-4-3-5-21(8-11)12-7-16-20(2)9-12/h6-7,9,11H,3-5,8H2,1-2H3,(H,17,18,19). The molecule has 2 aromatic heterocycles. The zero-order chi connectivity index (χ0) is 14.8. The molecule has 1 N–H and O–H groups in total. The molecule has 0 spiro atoms. The van der Waals surface area contributed by atoms with Gasteiger partial charge in [0.2, 0.25) is 0 Å². The summed E-state index contributed by atoms with van der Waals surface area (Å²) in [7, 11) is 1.94. The van der Waals surface area contributed by atoms with E-state index in [0.29, 0.717) is 17.0 Å². The smallest absolute Gasteiger partial charge is 0.134 e. The number of aromatic nitrogens is 4. The van der Waals surface area contributed by atoms with Gasteiger partial charge in [-0.05, 0) is 19.8 Å². The van der Waals surface area contributed by atoms with Gasteiger partial charge in [0.05, 0.1) is 11.9 Å². The molecule has 1 saturated heterocycles. The first-order valence-electron chi connectivity index (χ1n) is 7.11. The molecule has 0 radical (unpaired) electrons. The van der Waals surface area contributed by atoms with Crippen molar-refractivity contribution in [3.8, 4) is 0 Å². The predicted molar refractivity (Wildman–Crippen MR) is 83.8 cm³/mol. The van der Waals surface area contributed by atoms with Crippen LogP contribution in [0, 0.1) is 6.92 Å². The third-order valence-electron chi connectivity index (χ3n) is 3.64. The zero-order valence-electron chi connectivity index (χ0n) is 12.3. The molecule has 3 heterocycles. The number of nitrogens with one attached hydrogen (secondary N) is 1.